The quantitative estimate of drug-likeness (QED) is 0.210. The lowest BCUT2D eigenvalue weighted by Gasteiger charge is -2.13. The van der Waals surface area contributed by atoms with Crippen molar-refractivity contribution in [1.29, 1.82) is 0 Å². The number of nitrogens with one attached hydrogen (secondary N) is 2. The molecule has 0 spiro atoms. The highest BCUT2D eigenvalue weighted by atomic mass is 32.2. The summed E-state index contributed by atoms with van der Waals surface area (Å²) in [6.07, 6.45) is 5.26. The molecule has 2 N–H and O–H groups in total. The van der Waals surface area contributed by atoms with Gasteiger partial charge in [0.05, 0.1) is 29.3 Å². The number of carbonyl (C=O) groups excluding carboxylic acids is 2. The summed E-state index contributed by atoms with van der Waals surface area (Å²) >= 11 is 2.58. The van der Waals surface area contributed by atoms with Crippen molar-refractivity contribution >= 4 is 51.0 Å². The molecule has 1 amide bonds. The van der Waals surface area contributed by atoms with Gasteiger partial charge in [0.2, 0.25) is 5.91 Å². The highest BCUT2D eigenvalue weighted by Crippen LogP contribution is 2.39. The number of nitrogens with zero attached hydrogens (tertiary/aromatic N) is 3. The number of rotatable bonds is 7. The number of fused-ring (bicyclic) bond motifs is 2. The van der Waals surface area contributed by atoms with Crippen LogP contribution in [0.5, 0.6) is 0 Å². The van der Waals surface area contributed by atoms with Crippen LogP contribution >= 0.6 is 23.1 Å². The summed E-state index contributed by atoms with van der Waals surface area (Å²) in [5.41, 5.74) is 2.33. The maximum atomic E-state index is 13.1. The molecule has 1 atom stereocenters. The second-order valence-electron chi connectivity index (χ2n) is 8.39. The van der Waals surface area contributed by atoms with Crippen LogP contribution in [-0.2, 0) is 22.4 Å². The van der Waals surface area contributed by atoms with Crippen molar-refractivity contribution in [2.24, 2.45) is 0 Å². The number of thioether (sulfide) groups is 1. The average Bonchev–Trinajstić information content (AvgIpc) is 3.46. The number of anilines is 1. The average molecular weight is 524 g/mol. The van der Waals surface area contributed by atoms with Crippen LogP contribution in [0.4, 0.5) is 5.00 Å². The van der Waals surface area contributed by atoms with Crippen LogP contribution in [0.15, 0.2) is 46.5 Å². The first-order valence-corrected chi connectivity index (χ1v) is 13.5. The molecular formula is C25H25N5O4S2. The molecule has 0 aliphatic heterocycles. The zero-order valence-corrected chi connectivity index (χ0v) is 21.5. The van der Waals surface area contributed by atoms with E-state index in [-0.39, 0.29) is 18.1 Å². The lowest BCUT2D eigenvalue weighted by Crippen LogP contribution is -2.24. The van der Waals surface area contributed by atoms with Crippen LogP contribution in [0.2, 0.25) is 0 Å². The van der Waals surface area contributed by atoms with Crippen molar-refractivity contribution in [3.05, 3.63) is 62.9 Å². The molecule has 3 aromatic heterocycles. The molecule has 3 heterocycles. The van der Waals surface area contributed by atoms with E-state index in [0.29, 0.717) is 26.8 Å². The minimum absolute atomic E-state index is 0.268. The molecular weight excluding hydrogens is 498 g/mol. The molecule has 1 aromatic carbocycles. The Morgan fingerprint density at radius 3 is 2.81 bits per heavy atom. The predicted molar refractivity (Wildman–Crippen MR) is 140 cm³/mol. The van der Waals surface area contributed by atoms with Gasteiger partial charge in [-0.2, -0.15) is 5.10 Å². The van der Waals surface area contributed by atoms with Crippen molar-refractivity contribution in [3.8, 4) is 5.69 Å². The number of aromatic amines is 1. The Labute approximate surface area is 215 Å². The molecule has 4 aromatic rings. The lowest BCUT2D eigenvalue weighted by atomic mass is 9.95. The van der Waals surface area contributed by atoms with Crippen LogP contribution < -0.4 is 10.9 Å². The van der Waals surface area contributed by atoms with Gasteiger partial charge in [-0.1, -0.05) is 30.0 Å². The van der Waals surface area contributed by atoms with Gasteiger partial charge in [0, 0.05) is 4.88 Å². The summed E-state index contributed by atoms with van der Waals surface area (Å²) in [7, 11) is 0. The van der Waals surface area contributed by atoms with E-state index in [0.717, 1.165) is 53.6 Å². The Hall–Kier alpha value is -3.44. The van der Waals surface area contributed by atoms with E-state index < -0.39 is 11.2 Å². The number of hydrogen-bond donors (Lipinski definition) is 2. The molecule has 1 unspecified atom stereocenters. The third-order valence-corrected chi connectivity index (χ3v) is 8.15. The van der Waals surface area contributed by atoms with E-state index in [1.807, 2.05) is 30.3 Å². The number of para-hydroxylation sites is 1. The van der Waals surface area contributed by atoms with E-state index in [1.165, 1.54) is 17.5 Å². The molecule has 0 saturated heterocycles. The summed E-state index contributed by atoms with van der Waals surface area (Å²) in [5, 5.41) is 7.85. The van der Waals surface area contributed by atoms with E-state index in [9.17, 15) is 14.4 Å². The van der Waals surface area contributed by atoms with Crippen molar-refractivity contribution in [3.63, 3.8) is 0 Å². The van der Waals surface area contributed by atoms with Gasteiger partial charge < -0.3 is 15.0 Å². The standard InChI is InChI=1S/C25H25N5O4S2/c1-3-34-24(33)19-16-11-7-8-12-18(16)36-23(19)28-21(31)14(2)35-25-27-20-17(22(32)29-25)13-26-30(20)15-9-5-4-6-10-15/h4-6,9-10,13-14H,3,7-8,11-12H2,1-2H3,(H,28,31)(H,27,29,32). The summed E-state index contributed by atoms with van der Waals surface area (Å²) < 4.78 is 6.88. The number of H-pyrrole nitrogens is 1. The number of esters is 1. The van der Waals surface area contributed by atoms with Gasteiger partial charge in [-0.05, 0) is 57.2 Å². The number of ether oxygens (including phenoxy) is 1. The fourth-order valence-corrected chi connectivity index (χ4v) is 6.29. The Kier molecular flexibility index (Phi) is 6.92. The lowest BCUT2D eigenvalue weighted by molar-refractivity contribution is -0.115. The van der Waals surface area contributed by atoms with Gasteiger partial charge in [-0.15, -0.1) is 11.3 Å². The third kappa shape index (κ3) is 4.68. The van der Waals surface area contributed by atoms with E-state index in [2.05, 4.69) is 20.4 Å². The van der Waals surface area contributed by atoms with Gasteiger partial charge in [-0.25, -0.2) is 14.5 Å². The Morgan fingerprint density at radius 2 is 2.03 bits per heavy atom. The zero-order valence-electron chi connectivity index (χ0n) is 19.9. The molecule has 5 rings (SSSR count). The number of carbonyl (C=O) groups is 2. The molecule has 0 saturated carbocycles. The van der Waals surface area contributed by atoms with Crippen molar-refractivity contribution in [1.82, 2.24) is 19.7 Å². The summed E-state index contributed by atoms with van der Waals surface area (Å²) in [5.74, 6) is -0.693. The Balaban J connectivity index is 1.39. The van der Waals surface area contributed by atoms with Crippen molar-refractivity contribution < 1.29 is 14.3 Å². The van der Waals surface area contributed by atoms with Crippen molar-refractivity contribution in [2.45, 2.75) is 49.9 Å². The molecule has 9 nitrogen and oxygen atoms in total. The monoisotopic (exact) mass is 523 g/mol. The number of amides is 1. The first-order valence-electron chi connectivity index (χ1n) is 11.8. The zero-order chi connectivity index (χ0) is 25.2. The molecule has 0 bridgehead atoms. The summed E-state index contributed by atoms with van der Waals surface area (Å²) in [6, 6.07) is 9.41. The van der Waals surface area contributed by atoms with Gasteiger partial charge in [-0.3, -0.25) is 9.59 Å². The van der Waals surface area contributed by atoms with E-state index in [1.54, 1.807) is 18.5 Å². The molecule has 0 radical (unpaired) electrons. The maximum absolute atomic E-state index is 13.1. The summed E-state index contributed by atoms with van der Waals surface area (Å²) in [4.78, 5) is 47.0. The molecule has 1 aliphatic rings. The van der Waals surface area contributed by atoms with Gasteiger partial charge >= 0.3 is 5.97 Å². The number of thiophene rings is 1. The van der Waals surface area contributed by atoms with Crippen LogP contribution in [-0.4, -0.2) is 43.5 Å². The van der Waals surface area contributed by atoms with E-state index in [4.69, 9.17) is 4.74 Å². The van der Waals surface area contributed by atoms with E-state index >= 15 is 0 Å². The number of aryl methyl sites for hydroxylation is 1. The highest BCUT2D eigenvalue weighted by molar-refractivity contribution is 8.00. The molecule has 1 aliphatic carbocycles. The number of aromatic nitrogens is 4. The molecule has 186 valence electrons. The fourth-order valence-electron chi connectivity index (χ4n) is 4.22. The maximum Gasteiger partial charge on any atom is 0.341 e. The Morgan fingerprint density at radius 1 is 1.25 bits per heavy atom. The van der Waals surface area contributed by atoms with Crippen molar-refractivity contribution in [2.75, 3.05) is 11.9 Å². The van der Waals surface area contributed by atoms with Crippen LogP contribution in [0.1, 0.15) is 47.5 Å². The topological polar surface area (TPSA) is 119 Å². The first kappa shape index (κ1) is 24.3. The normalized spacial score (nSPS) is 13.8. The first-order chi connectivity index (χ1) is 17.5. The largest absolute Gasteiger partial charge is 0.462 e. The molecule has 0 fully saturated rings. The predicted octanol–water partition coefficient (Wildman–Crippen LogP) is 4.35. The highest BCUT2D eigenvalue weighted by Gasteiger charge is 2.28. The minimum Gasteiger partial charge on any atom is -0.462 e. The van der Waals surface area contributed by atoms with Crippen LogP contribution in [0.25, 0.3) is 16.7 Å². The SMILES string of the molecule is CCOC(=O)c1c(NC(=O)C(C)Sc2nc3c(cnn3-c3ccccc3)c(=O)[nH]2)sc2c1CCCC2. The van der Waals surface area contributed by atoms with Gasteiger partial charge in [0.25, 0.3) is 5.56 Å². The number of benzene rings is 1. The minimum atomic E-state index is -0.590. The Bertz CT molecular complexity index is 1490. The second kappa shape index (κ2) is 10.3. The smallest absolute Gasteiger partial charge is 0.341 e. The fraction of sp³-hybridized carbons (Fsp3) is 0.320. The molecule has 11 heteroatoms. The van der Waals surface area contributed by atoms with Gasteiger partial charge in [0.1, 0.15) is 10.4 Å². The van der Waals surface area contributed by atoms with Crippen LogP contribution in [0, 0.1) is 0 Å². The van der Waals surface area contributed by atoms with Gasteiger partial charge in [0.15, 0.2) is 10.8 Å². The molecule has 36 heavy (non-hydrogen) atoms. The second-order valence-corrected chi connectivity index (χ2v) is 10.8. The number of hydrogen-bond acceptors (Lipinski definition) is 8. The van der Waals surface area contributed by atoms with Crippen LogP contribution in [0.3, 0.4) is 0 Å². The third-order valence-electron chi connectivity index (χ3n) is 5.96. The summed E-state index contributed by atoms with van der Waals surface area (Å²) in [6.45, 7) is 3.77.